The van der Waals surface area contributed by atoms with Crippen LogP contribution in [0.2, 0.25) is 0 Å². The number of halogens is 1. The first-order valence-electron chi connectivity index (χ1n) is 8.43. The third-order valence-electron chi connectivity index (χ3n) is 5.05. The minimum absolute atomic E-state index is 0. The number of rotatable bonds is 2. The summed E-state index contributed by atoms with van der Waals surface area (Å²) in [4.78, 5) is 3.40. The molecule has 128 valence electrons. The van der Waals surface area contributed by atoms with E-state index in [9.17, 15) is 5.11 Å². The van der Waals surface area contributed by atoms with Crippen molar-refractivity contribution >= 4 is 22.9 Å². The van der Waals surface area contributed by atoms with E-state index in [-0.39, 0.29) is 17.0 Å². The summed E-state index contributed by atoms with van der Waals surface area (Å²) in [6.45, 7) is 3.71. The van der Waals surface area contributed by atoms with Gasteiger partial charge in [0.05, 0.1) is 11.4 Å². The maximum Gasteiger partial charge on any atom is 0.280 e. The van der Waals surface area contributed by atoms with Crippen molar-refractivity contribution in [2.75, 3.05) is 18.0 Å². The van der Waals surface area contributed by atoms with Gasteiger partial charge < -0.3 is 22.1 Å². The van der Waals surface area contributed by atoms with Crippen molar-refractivity contribution in [2.24, 2.45) is 0 Å². The first-order chi connectivity index (χ1) is 11.2. The van der Waals surface area contributed by atoms with Crippen molar-refractivity contribution < 1.29 is 26.7 Å². The maximum atomic E-state index is 11.6. The second kappa shape index (κ2) is 6.98. The van der Waals surface area contributed by atoms with Crippen LogP contribution in [0, 0.1) is 6.92 Å². The van der Waals surface area contributed by atoms with Gasteiger partial charge in [0.1, 0.15) is 5.69 Å². The predicted molar refractivity (Wildman–Crippen MR) is 95.3 cm³/mol. The molecule has 2 aromatic rings. The van der Waals surface area contributed by atoms with Gasteiger partial charge in [0, 0.05) is 6.42 Å². The van der Waals surface area contributed by atoms with Crippen molar-refractivity contribution in [3.63, 3.8) is 0 Å². The quantitative estimate of drug-likeness (QED) is 0.743. The molecule has 1 atom stereocenters. The van der Waals surface area contributed by atoms with Crippen molar-refractivity contribution in [1.82, 2.24) is 0 Å². The Morgan fingerprint density at radius 2 is 1.96 bits per heavy atom. The molecule has 3 heterocycles. The molecule has 0 bridgehead atoms. The van der Waals surface area contributed by atoms with Gasteiger partial charge in [-0.25, -0.2) is 9.48 Å². The summed E-state index contributed by atoms with van der Waals surface area (Å²) in [5.41, 5.74) is 1.59. The van der Waals surface area contributed by atoms with Crippen LogP contribution in [0.1, 0.15) is 36.1 Å². The van der Waals surface area contributed by atoms with Crippen LogP contribution in [0.4, 0.5) is 5.69 Å². The molecule has 0 spiro atoms. The second-order valence-corrected chi connectivity index (χ2v) is 7.49. The Morgan fingerprint density at radius 1 is 1.12 bits per heavy atom. The topological polar surface area (TPSA) is 26.5 Å². The van der Waals surface area contributed by atoms with Gasteiger partial charge in [0.2, 0.25) is 0 Å². The Bertz CT molecular complexity index is 744. The van der Waals surface area contributed by atoms with E-state index in [1.165, 1.54) is 29.9 Å². The molecule has 1 aromatic carbocycles. The Kier molecular flexibility index (Phi) is 5.13. The van der Waals surface area contributed by atoms with Crippen LogP contribution >= 0.6 is 11.3 Å². The van der Waals surface area contributed by atoms with Crippen LogP contribution in [0.25, 0.3) is 0 Å². The van der Waals surface area contributed by atoms with Gasteiger partial charge in [-0.3, -0.25) is 0 Å². The lowest BCUT2D eigenvalue weighted by Gasteiger charge is -2.22. The van der Waals surface area contributed by atoms with Gasteiger partial charge >= 0.3 is 0 Å². The zero-order valence-corrected chi connectivity index (χ0v) is 16.3. The van der Waals surface area contributed by atoms with Crippen molar-refractivity contribution in [1.29, 1.82) is 0 Å². The fourth-order valence-corrected chi connectivity index (χ4v) is 4.70. The normalized spacial score (nSPS) is 23.7. The third kappa shape index (κ3) is 2.83. The summed E-state index contributed by atoms with van der Waals surface area (Å²) in [6, 6.07) is 12.6. The molecule has 1 unspecified atom stereocenters. The summed E-state index contributed by atoms with van der Waals surface area (Å²) in [5.74, 6) is 1.28. The summed E-state index contributed by atoms with van der Waals surface area (Å²) in [5, 5.41) is 13.6. The molecule has 0 amide bonds. The Morgan fingerprint density at radius 3 is 2.71 bits per heavy atom. The van der Waals surface area contributed by atoms with Crippen LogP contribution in [0.3, 0.4) is 0 Å². The number of aliphatic hydroxyl groups is 1. The lowest BCUT2D eigenvalue weighted by atomic mass is 10.1. The number of nitrogens with zero attached hydrogens (tertiary/aromatic N) is 2. The Balaban J connectivity index is 0.00000169. The molecule has 1 aromatic heterocycles. The fraction of sp³-hybridized carbons (Fsp3) is 0.421. The van der Waals surface area contributed by atoms with Crippen molar-refractivity contribution in [3.8, 4) is 0 Å². The highest BCUT2D eigenvalue weighted by molar-refractivity contribution is 7.10. The monoisotopic (exact) mass is 406 g/mol. The predicted octanol–water partition coefficient (Wildman–Crippen LogP) is 0.711. The number of benzene rings is 1. The molecule has 0 radical (unpaired) electrons. The van der Waals surface area contributed by atoms with E-state index in [1.54, 1.807) is 11.3 Å². The van der Waals surface area contributed by atoms with E-state index in [4.69, 9.17) is 0 Å². The molecule has 1 N–H and O–H groups in total. The molecule has 2 aliphatic rings. The van der Waals surface area contributed by atoms with Gasteiger partial charge in [-0.2, -0.15) is 0 Å². The number of anilines is 1. The summed E-state index contributed by atoms with van der Waals surface area (Å²) >= 11 is 1.65. The molecule has 4 rings (SSSR count). The molecule has 0 fully saturated rings. The number of aryl methyl sites for hydroxylation is 1. The minimum atomic E-state index is -0.893. The maximum absolute atomic E-state index is 11.6. The highest BCUT2D eigenvalue weighted by Gasteiger charge is 2.52. The second-order valence-electron chi connectivity index (χ2n) is 6.55. The van der Waals surface area contributed by atoms with Crippen molar-refractivity contribution in [3.05, 3.63) is 52.2 Å². The Hall–Kier alpha value is -1.17. The van der Waals surface area contributed by atoms with Crippen LogP contribution in [0.5, 0.6) is 0 Å². The fourth-order valence-electron chi connectivity index (χ4n) is 3.88. The highest BCUT2D eigenvalue weighted by Crippen LogP contribution is 2.37. The first-order valence-corrected chi connectivity index (χ1v) is 9.31. The molecule has 24 heavy (non-hydrogen) atoms. The molecular weight excluding hydrogens is 384 g/mol. The number of amidine groups is 1. The molecule has 0 aliphatic carbocycles. The van der Waals surface area contributed by atoms with Gasteiger partial charge in [0.15, 0.2) is 6.54 Å². The largest absolute Gasteiger partial charge is 1.00 e. The van der Waals surface area contributed by atoms with E-state index in [1.807, 2.05) is 6.07 Å². The average molecular weight is 407 g/mol. The lowest BCUT2D eigenvalue weighted by molar-refractivity contribution is -0.657. The van der Waals surface area contributed by atoms with Gasteiger partial charge in [-0.1, -0.05) is 24.3 Å². The van der Waals surface area contributed by atoms with Crippen LogP contribution in [0.15, 0.2) is 41.8 Å². The number of hydrogen-bond acceptors (Lipinski definition) is 3. The van der Waals surface area contributed by atoms with Crippen LogP contribution in [-0.2, 0) is 5.72 Å². The van der Waals surface area contributed by atoms with E-state index in [2.05, 4.69) is 52.1 Å². The molecular formula is C19H23BrN2OS. The van der Waals surface area contributed by atoms with E-state index < -0.39 is 5.72 Å². The Labute approximate surface area is 158 Å². The van der Waals surface area contributed by atoms with Gasteiger partial charge in [-0.05, 0) is 49.3 Å². The first kappa shape index (κ1) is 17.6. The number of para-hydroxylation sites is 1. The molecule has 2 aliphatic heterocycles. The van der Waals surface area contributed by atoms with E-state index >= 15 is 0 Å². The standard InChI is InChI=1S/C19H23N2OS.BrH/c1-15-8-4-5-9-16(15)20-14-19(22,17-10-7-13-23-17)21-12-6-2-3-11-18(20)21;/h4-5,7-10,13,22H,2-3,6,11-12,14H2,1H3;1H/q+1;/p-1. The molecule has 0 saturated carbocycles. The number of β-amino-alcohol motifs (C(OH)–C–C–N with tert-alkyl or cyclic N) is 1. The smallest absolute Gasteiger partial charge is 0.280 e. The lowest BCUT2D eigenvalue weighted by Crippen LogP contribution is -3.00. The molecule has 5 heteroatoms. The number of thiophene rings is 1. The van der Waals surface area contributed by atoms with Crippen LogP contribution in [-0.4, -0.2) is 28.6 Å². The molecule has 0 saturated heterocycles. The summed E-state index contributed by atoms with van der Waals surface area (Å²) < 4.78 is 2.26. The zero-order valence-electron chi connectivity index (χ0n) is 13.9. The zero-order chi connectivity index (χ0) is 15.9. The van der Waals surface area contributed by atoms with Crippen LogP contribution < -0.4 is 21.9 Å². The minimum Gasteiger partial charge on any atom is -1.00 e. The average Bonchev–Trinajstić information content (AvgIpc) is 3.10. The number of hydrogen-bond donors (Lipinski definition) is 1. The van der Waals surface area contributed by atoms with Gasteiger partial charge in [0.25, 0.3) is 11.6 Å². The van der Waals surface area contributed by atoms with E-state index in [0.29, 0.717) is 6.54 Å². The highest BCUT2D eigenvalue weighted by atomic mass is 79.9. The van der Waals surface area contributed by atoms with Gasteiger partial charge in [-0.15, -0.1) is 11.3 Å². The molecule has 3 nitrogen and oxygen atoms in total. The summed E-state index contributed by atoms with van der Waals surface area (Å²) in [7, 11) is 0. The third-order valence-corrected chi connectivity index (χ3v) is 6.06. The van der Waals surface area contributed by atoms with E-state index in [0.717, 1.165) is 24.3 Å². The summed E-state index contributed by atoms with van der Waals surface area (Å²) in [6.07, 6.45) is 4.64. The SMILES string of the molecule is Cc1ccccc1N1CC(O)(c2cccs2)[N+]2=C1CCCCC2.[Br-]. The van der Waals surface area contributed by atoms with Crippen molar-refractivity contribution in [2.45, 2.75) is 38.3 Å².